The summed E-state index contributed by atoms with van der Waals surface area (Å²) in [5, 5.41) is 0. The Labute approximate surface area is 88.7 Å². The molecule has 0 aromatic carbocycles. The van der Waals surface area contributed by atoms with Crippen molar-refractivity contribution >= 4 is 17.7 Å². The van der Waals surface area contributed by atoms with Gasteiger partial charge >= 0.3 is 0 Å². The molecule has 80 valence electrons. The van der Waals surface area contributed by atoms with E-state index >= 15 is 0 Å². The van der Waals surface area contributed by atoms with E-state index < -0.39 is 0 Å². The second kappa shape index (κ2) is 3.88. The van der Waals surface area contributed by atoms with Gasteiger partial charge in [-0.15, -0.1) is 0 Å². The number of pyridine rings is 1. The predicted molar refractivity (Wildman–Crippen MR) is 62.3 cm³/mol. The Morgan fingerprint density at radius 2 is 2.33 bits per heavy atom. The van der Waals surface area contributed by atoms with Gasteiger partial charge in [0.1, 0.15) is 0 Å². The van der Waals surface area contributed by atoms with Crippen molar-refractivity contribution in [3.8, 4) is 0 Å². The molecule has 1 aliphatic rings. The van der Waals surface area contributed by atoms with E-state index in [2.05, 4.69) is 28.7 Å². The van der Waals surface area contributed by atoms with Gasteiger partial charge in [-0.2, -0.15) is 0 Å². The van der Waals surface area contributed by atoms with E-state index in [4.69, 9.17) is 0 Å². The molecule has 0 amide bonds. The zero-order chi connectivity index (χ0) is 10.8. The highest BCUT2D eigenvalue weighted by atomic mass is 16.1. The maximum absolute atomic E-state index is 11.1. The summed E-state index contributed by atoms with van der Waals surface area (Å²) in [4.78, 5) is 20.3. The van der Waals surface area contributed by atoms with Crippen LogP contribution in [0.25, 0.3) is 0 Å². The summed E-state index contributed by atoms with van der Waals surface area (Å²) in [7, 11) is 0. The van der Waals surface area contributed by atoms with Crippen LogP contribution in [0.4, 0.5) is 11.5 Å². The van der Waals surface area contributed by atoms with Crippen molar-refractivity contribution in [2.45, 2.75) is 13.8 Å². The van der Waals surface area contributed by atoms with Crippen molar-refractivity contribution < 1.29 is 0 Å². The third-order valence-electron chi connectivity index (χ3n) is 2.33. The summed E-state index contributed by atoms with van der Waals surface area (Å²) in [6, 6.07) is 3.39. The van der Waals surface area contributed by atoms with Crippen molar-refractivity contribution in [1.82, 2.24) is 4.98 Å². The molecule has 0 saturated heterocycles. The van der Waals surface area contributed by atoms with Gasteiger partial charge in [0.05, 0.1) is 12.2 Å². The number of fused-ring (bicyclic) bond motifs is 1. The van der Waals surface area contributed by atoms with Crippen LogP contribution in [0.2, 0.25) is 0 Å². The normalized spacial score (nSPS) is 14.5. The molecule has 0 saturated carbocycles. The van der Waals surface area contributed by atoms with Gasteiger partial charge in [-0.05, 0) is 12.0 Å². The van der Waals surface area contributed by atoms with Crippen LogP contribution in [-0.4, -0.2) is 24.3 Å². The molecule has 0 spiro atoms. The maximum Gasteiger partial charge on any atom is 0.249 e. The van der Waals surface area contributed by atoms with Crippen molar-refractivity contribution in [3.63, 3.8) is 0 Å². The van der Waals surface area contributed by atoms with E-state index in [1.54, 1.807) is 6.07 Å². The van der Waals surface area contributed by atoms with Crippen LogP contribution >= 0.6 is 0 Å². The Morgan fingerprint density at radius 1 is 1.53 bits per heavy atom. The minimum atomic E-state index is -0.0997. The van der Waals surface area contributed by atoms with Crippen molar-refractivity contribution in [3.05, 3.63) is 22.5 Å². The molecular weight excluding hydrogens is 190 g/mol. The minimum absolute atomic E-state index is 0.0997. The van der Waals surface area contributed by atoms with E-state index in [1.807, 2.05) is 12.3 Å². The molecule has 0 atom stereocenters. The molecule has 0 fully saturated rings. The number of nitrogens with one attached hydrogen (secondary N) is 1. The van der Waals surface area contributed by atoms with Crippen LogP contribution in [0, 0.1) is 5.92 Å². The fraction of sp³-hybridized carbons (Fsp3) is 0.455. The van der Waals surface area contributed by atoms with E-state index in [0.717, 1.165) is 18.8 Å². The van der Waals surface area contributed by atoms with Crippen LogP contribution < -0.4 is 10.5 Å². The van der Waals surface area contributed by atoms with E-state index in [-0.39, 0.29) is 5.56 Å². The molecule has 15 heavy (non-hydrogen) atoms. The van der Waals surface area contributed by atoms with Gasteiger partial charge in [-0.3, -0.25) is 4.79 Å². The van der Waals surface area contributed by atoms with Crippen LogP contribution in [0.15, 0.2) is 21.9 Å². The highest BCUT2D eigenvalue weighted by Crippen LogP contribution is 2.27. The van der Waals surface area contributed by atoms with E-state index in [0.29, 0.717) is 11.7 Å². The fourth-order valence-electron chi connectivity index (χ4n) is 1.75. The predicted octanol–water partition coefficient (Wildman–Crippen LogP) is 1.55. The first-order chi connectivity index (χ1) is 7.16. The lowest BCUT2D eigenvalue weighted by atomic mass is 10.2. The summed E-state index contributed by atoms with van der Waals surface area (Å²) in [5.41, 5.74) is 0.920. The SMILES string of the molecule is CC(C)CN1CC=Nc2[nH]c(=O)ccc21. The highest BCUT2D eigenvalue weighted by Gasteiger charge is 2.15. The third-order valence-corrected chi connectivity index (χ3v) is 2.33. The molecule has 2 rings (SSSR count). The Balaban J connectivity index is 2.35. The van der Waals surface area contributed by atoms with Crippen molar-refractivity contribution in [2.24, 2.45) is 10.9 Å². The standard InChI is InChI=1S/C11H15N3O/c1-8(2)7-14-6-5-12-11-9(14)3-4-10(15)13-11/h3-5,8H,6-7H2,1-2H3,(H,13,15). The van der Waals surface area contributed by atoms with Gasteiger partial charge in [0.15, 0.2) is 5.82 Å². The summed E-state index contributed by atoms with van der Waals surface area (Å²) in [6.07, 6.45) is 1.83. The first kappa shape index (κ1) is 9.96. The monoisotopic (exact) mass is 205 g/mol. The van der Waals surface area contributed by atoms with Crippen molar-refractivity contribution in [2.75, 3.05) is 18.0 Å². The molecule has 0 radical (unpaired) electrons. The molecule has 0 aliphatic carbocycles. The first-order valence-electron chi connectivity index (χ1n) is 5.17. The lowest BCUT2D eigenvalue weighted by Gasteiger charge is -2.28. The minimum Gasteiger partial charge on any atom is -0.363 e. The Kier molecular flexibility index (Phi) is 2.58. The van der Waals surface area contributed by atoms with Gasteiger partial charge in [-0.1, -0.05) is 13.8 Å². The van der Waals surface area contributed by atoms with Crippen LogP contribution in [0.3, 0.4) is 0 Å². The second-order valence-corrected chi connectivity index (χ2v) is 4.17. The largest absolute Gasteiger partial charge is 0.363 e. The number of aromatic nitrogens is 1. The second-order valence-electron chi connectivity index (χ2n) is 4.17. The van der Waals surface area contributed by atoms with E-state index in [1.165, 1.54) is 0 Å². The van der Waals surface area contributed by atoms with Gasteiger partial charge in [0.25, 0.3) is 0 Å². The molecule has 4 nitrogen and oxygen atoms in total. The molecule has 1 aromatic heterocycles. The number of aromatic amines is 1. The summed E-state index contributed by atoms with van der Waals surface area (Å²) >= 11 is 0. The Bertz CT molecular complexity index is 434. The smallest absolute Gasteiger partial charge is 0.249 e. The molecule has 2 heterocycles. The molecule has 0 bridgehead atoms. The third kappa shape index (κ3) is 2.09. The molecule has 0 unspecified atom stereocenters. The molecular formula is C11H15N3O. The molecule has 1 N–H and O–H groups in total. The number of aliphatic imine (C=N–C) groups is 1. The Hall–Kier alpha value is -1.58. The topological polar surface area (TPSA) is 48.5 Å². The number of rotatable bonds is 2. The van der Waals surface area contributed by atoms with Crippen LogP contribution in [0.5, 0.6) is 0 Å². The number of nitrogens with zero attached hydrogens (tertiary/aromatic N) is 2. The maximum atomic E-state index is 11.1. The molecule has 1 aromatic rings. The molecule has 1 aliphatic heterocycles. The van der Waals surface area contributed by atoms with Gasteiger partial charge in [0.2, 0.25) is 5.56 Å². The average molecular weight is 205 g/mol. The zero-order valence-corrected chi connectivity index (χ0v) is 9.03. The summed E-state index contributed by atoms with van der Waals surface area (Å²) in [5.74, 6) is 1.27. The lowest BCUT2D eigenvalue weighted by molar-refractivity contribution is 0.629. The van der Waals surface area contributed by atoms with E-state index in [9.17, 15) is 4.79 Å². The van der Waals surface area contributed by atoms with Gasteiger partial charge in [-0.25, -0.2) is 4.99 Å². The Morgan fingerprint density at radius 3 is 3.07 bits per heavy atom. The first-order valence-corrected chi connectivity index (χ1v) is 5.17. The van der Waals surface area contributed by atoms with Crippen LogP contribution in [0.1, 0.15) is 13.8 Å². The number of hydrogen-bond donors (Lipinski definition) is 1. The molecule has 4 heteroatoms. The fourth-order valence-corrected chi connectivity index (χ4v) is 1.75. The van der Waals surface area contributed by atoms with Crippen molar-refractivity contribution in [1.29, 1.82) is 0 Å². The summed E-state index contributed by atoms with van der Waals surface area (Å²) in [6.45, 7) is 6.15. The lowest BCUT2D eigenvalue weighted by Crippen LogP contribution is -2.31. The highest BCUT2D eigenvalue weighted by molar-refractivity contribution is 5.79. The van der Waals surface area contributed by atoms with Gasteiger partial charge in [0, 0.05) is 18.8 Å². The quantitative estimate of drug-likeness (QED) is 0.796. The average Bonchev–Trinajstić information content (AvgIpc) is 2.16. The number of hydrogen-bond acceptors (Lipinski definition) is 3. The van der Waals surface area contributed by atoms with Gasteiger partial charge < -0.3 is 9.88 Å². The number of H-pyrrole nitrogens is 1. The van der Waals surface area contributed by atoms with Crippen LogP contribution in [-0.2, 0) is 0 Å². The summed E-state index contributed by atoms with van der Waals surface area (Å²) < 4.78 is 0. The number of anilines is 1. The zero-order valence-electron chi connectivity index (χ0n) is 9.03.